The maximum absolute atomic E-state index is 11.8. The summed E-state index contributed by atoms with van der Waals surface area (Å²) in [4.78, 5) is 11.8. The first kappa shape index (κ1) is 10.8. The van der Waals surface area contributed by atoms with Gasteiger partial charge in [0.25, 0.3) is 0 Å². The highest BCUT2D eigenvalue weighted by atomic mass is 16.1. The molecule has 1 N–H and O–H groups in total. The first-order valence-electron chi connectivity index (χ1n) is 5.36. The second-order valence-corrected chi connectivity index (χ2v) is 5.10. The predicted octanol–water partition coefficient (Wildman–Crippen LogP) is 3.33. The van der Waals surface area contributed by atoms with Gasteiger partial charge in [-0.1, -0.05) is 45.0 Å². The van der Waals surface area contributed by atoms with Crippen molar-refractivity contribution in [1.82, 2.24) is 0 Å². The number of rotatable bonds is 0. The Hall–Kier alpha value is -1.70. The number of hydrogen-bond donors (Lipinski definition) is 1. The van der Waals surface area contributed by atoms with E-state index in [1.807, 2.05) is 18.2 Å². The minimum absolute atomic E-state index is 0.0525. The van der Waals surface area contributed by atoms with E-state index in [4.69, 9.17) is 5.41 Å². The molecular weight excluding hydrogens is 198 g/mol. The number of nitrogens with one attached hydrogen (secondary N) is 1. The van der Waals surface area contributed by atoms with E-state index in [-0.39, 0.29) is 16.9 Å². The van der Waals surface area contributed by atoms with Gasteiger partial charge in [0.2, 0.25) is 5.78 Å². The van der Waals surface area contributed by atoms with Crippen LogP contribution >= 0.6 is 0 Å². The molecule has 1 aromatic rings. The summed E-state index contributed by atoms with van der Waals surface area (Å²) < 4.78 is 0. The van der Waals surface area contributed by atoms with E-state index in [1.54, 1.807) is 12.1 Å². The average Bonchev–Trinajstić information content (AvgIpc) is 2.22. The first-order valence-corrected chi connectivity index (χ1v) is 5.36. The van der Waals surface area contributed by atoms with Gasteiger partial charge in [0.05, 0.1) is 0 Å². The summed E-state index contributed by atoms with van der Waals surface area (Å²) in [6.07, 6.45) is 1.70. The van der Waals surface area contributed by atoms with Crippen molar-refractivity contribution < 1.29 is 4.79 Å². The summed E-state index contributed by atoms with van der Waals surface area (Å²) >= 11 is 0. The van der Waals surface area contributed by atoms with E-state index in [0.29, 0.717) is 5.56 Å². The quantitative estimate of drug-likeness (QED) is 0.705. The SMILES string of the molecule is CC(C)(C)C1=CC(=N)C(=O)c2ccccc21. The highest BCUT2D eigenvalue weighted by Gasteiger charge is 2.28. The summed E-state index contributed by atoms with van der Waals surface area (Å²) in [5.74, 6) is -0.177. The lowest BCUT2D eigenvalue weighted by Gasteiger charge is -2.27. The van der Waals surface area contributed by atoms with Crippen molar-refractivity contribution >= 4 is 17.1 Å². The average molecular weight is 213 g/mol. The Morgan fingerprint density at radius 2 is 1.62 bits per heavy atom. The highest BCUT2D eigenvalue weighted by Crippen LogP contribution is 2.38. The van der Waals surface area contributed by atoms with Crippen LogP contribution in [0.4, 0.5) is 0 Å². The molecule has 0 aromatic heterocycles. The number of ketones is 1. The molecule has 1 aliphatic carbocycles. The van der Waals surface area contributed by atoms with Gasteiger partial charge in [0.1, 0.15) is 5.71 Å². The molecule has 2 rings (SSSR count). The molecule has 0 amide bonds. The lowest BCUT2D eigenvalue weighted by Crippen LogP contribution is -2.22. The summed E-state index contributed by atoms with van der Waals surface area (Å²) in [5.41, 5.74) is 2.72. The van der Waals surface area contributed by atoms with Gasteiger partial charge < -0.3 is 0 Å². The Kier molecular flexibility index (Phi) is 2.30. The molecule has 0 unspecified atom stereocenters. The van der Waals surface area contributed by atoms with Gasteiger partial charge in [0.15, 0.2) is 0 Å². The normalized spacial score (nSPS) is 15.8. The monoisotopic (exact) mass is 213 g/mol. The topological polar surface area (TPSA) is 40.9 Å². The van der Waals surface area contributed by atoms with Crippen molar-refractivity contribution in [3.63, 3.8) is 0 Å². The number of benzene rings is 1. The van der Waals surface area contributed by atoms with E-state index < -0.39 is 0 Å². The van der Waals surface area contributed by atoms with Crippen LogP contribution in [0.25, 0.3) is 5.57 Å². The fourth-order valence-electron chi connectivity index (χ4n) is 1.97. The van der Waals surface area contributed by atoms with Crippen molar-refractivity contribution in [3.8, 4) is 0 Å². The third-order valence-corrected chi connectivity index (χ3v) is 2.80. The fourth-order valence-corrected chi connectivity index (χ4v) is 1.97. The largest absolute Gasteiger partial charge is 0.297 e. The molecule has 0 saturated heterocycles. The fraction of sp³-hybridized carbons (Fsp3) is 0.286. The molecule has 16 heavy (non-hydrogen) atoms. The molecule has 1 aromatic carbocycles. The molecule has 1 aliphatic rings. The maximum atomic E-state index is 11.8. The van der Waals surface area contributed by atoms with Crippen LogP contribution < -0.4 is 0 Å². The Balaban J connectivity index is 2.69. The second kappa shape index (κ2) is 3.41. The lowest BCUT2D eigenvalue weighted by molar-refractivity contribution is 0.106. The molecule has 0 heterocycles. The van der Waals surface area contributed by atoms with Crippen LogP contribution in [0, 0.1) is 10.8 Å². The molecular formula is C14H15NO. The molecule has 0 radical (unpaired) electrons. The van der Waals surface area contributed by atoms with Crippen LogP contribution in [0.3, 0.4) is 0 Å². The Bertz CT molecular complexity index is 504. The van der Waals surface area contributed by atoms with Gasteiger partial charge in [0, 0.05) is 5.56 Å². The van der Waals surface area contributed by atoms with Crippen LogP contribution in [0.15, 0.2) is 30.3 Å². The van der Waals surface area contributed by atoms with Gasteiger partial charge in [-0.15, -0.1) is 0 Å². The van der Waals surface area contributed by atoms with E-state index in [1.165, 1.54) is 0 Å². The molecule has 0 fully saturated rings. The Morgan fingerprint density at radius 1 is 1.06 bits per heavy atom. The molecule has 2 heteroatoms. The van der Waals surface area contributed by atoms with E-state index in [0.717, 1.165) is 11.1 Å². The minimum atomic E-state index is -0.177. The number of carbonyl (C=O) groups excluding carboxylic acids is 1. The molecule has 0 bridgehead atoms. The molecule has 0 atom stereocenters. The summed E-state index contributed by atoms with van der Waals surface area (Å²) in [5, 5.41) is 7.71. The van der Waals surface area contributed by atoms with Crippen LogP contribution in [0.5, 0.6) is 0 Å². The molecule has 82 valence electrons. The zero-order valence-corrected chi connectivity index (χ0v) is 9.79. The number of allylic oxidation sites excluding steroid dienone is 2. The van der Waals surface area contributed by atoms with Crippen molar-refractivity contribution in [3.05, 3.63) is 41.5 Å². The van der Waals surface area contributed by atoms with Crippen LogP contribution in [0.1, 0.15) is 36.7 Å². The minimum Gasteiger partial charge on any atom is -0.297 e. The van der Waals surface area contributed by atoms with Crippen molar-refractivity contribution in [1.29, 1.82) is 5.41 Å². The van der Waals surface area contributed by atoms with Crippen LogP contribution in [0.2, 0.25) is 0 Å². The summed E-state index contributed by atoms with van der Waals surface area (Å²) in [6, 6.07) is 7.53. The van der Waals surface area contributed by atoms with Gasteiger partial charge in [-0.25, -0.2) is 0 Å². The van der Waals surface area contributed by atoms with E-state index in [9.17, 15) is 4.79 Å². The number of fused-ring (bicyclic) bond motifs is 1. The van der Waals surface area contributed by atoms with Gasteiger partial charge in [-0.2, -0.15) is 0 Å². The number of carbonyl (C=O) groups is 1. The van der Waals surface area contributed by atoms with E-state index >= 15 is 0 Å². The molecule has 2 nitrogen and oxygen atoms in total. The van der Waals surface area contributed by atoms with Gasteiger partial charge >= 0.3 is 0 Å². The Labute approximate surface area is 95.5 Å². The standard InChI is InChI=1S/C14H15NO/c1-14(2,3)11-8-12(15)13(16)10-7-5-4-6-9(10)11/h4-8,15H,1-3H3. The number of Topliss-reactive ketones (excluding diaryl/α,β-unsaturated/α-hetero) is 1. The van der Waals surface area contributed by atoms with Crippen molar-refractivity contribution in [2.24, 2.45) is 5.41 Å². The predicted molar refractivity (Wildman–Crippen MR) is 65.9 cm³/mol. The second-order valence-electron chi connectivity index (χ2n) is 5.10. The molecule has 0 aliphatic heterocycles. The van der Waals surface area contributed by atoms with Crippen LogP contribution in [-0.2, 0) is 0 Å². The van der Waals surface area contributed by atoms with Crippen molar-refractivity contribution in [2.45, 2.75) is 20.8 Å². The lowest BCUT2D eigenvalue weighted by atomic mass is 9.76. The molecule has 0 saturated carbocycles. The molecule has 0 spiro atoms. The highest BCUT2D eigenvalue weighted by molar-refractivity contribution is 6.51. The zero-order chi connectivity index (χ0) is 11.9. The third-order valence-electron chi connectivity index (χ3n) is 2.80. The van der Waals surface area contributed by atoms with E-state index in [2.05, 4.69) is 20.8 Å². The maximum Gasteiger partial charge on any atom is 0.211 e. The van der Waals surface area contributed by atoms with Gasteiger partial charge in [-0.3, -0.25) is 10.2 Å². The Morgan fingerprint density at radius 3 is 2.19 bits per heavy atom. The third kappa shape index (κ3) is 1.60. The summed E-state index contributed by atoms with van der Waals surface area (Å²) in [6.45, 7) is 6.29. The van der Waals surface area contributed by atoms with Crippen molar-refractivity contribution in [2.75, 3.05) is 0 Å². The summed E-state index contributed by atoms with van der Waals surface area (Å²) in [7, 11) is 0. The van der Waals surface area contributed by atoms with Gasteiger partial charge in [-0.05, 0) is 22.6 Å². The number of hydrogen-bond acceptors (Lipinski definition) is 2. The van der Waals surface area contributed by atoms with Crippen LogP contribution in [-0.4, -0.2) is 11.5 Å². The zero-order valence-electron chi connectivity index (χ0n) is 9.79. The first-order chi connectivity index (χ1) is 7.41. The smallest absolute Gasteiger partial charge is 0.211 e.